The van der Waals surface area contributed by atoms with Crippen molar-refractivity contribution >= 4 is 22.5 Å². The van der Waals surface area contributed by atoms with Gasteiger partial charge in [-0.25, -0.2) is 9.97 Å². The monoisotopic (exact) mass is 554 g/mol. The highest BCUT2D eigenvalue weighted by molar-refractivity contribution is 6.09. The molecule has 3 aromatic heterocycles. The Morgan fingerprint density at radius 2 is 1.83 bits per heavy atom. The van der Waals surface area contributed by atoms with Crippen molar-refractivity contribution in [3.8, 4) is 11.1 Å². The molecule has 9 heteroatoms. The number of likely N-dealkylation sites (N-methyl/N-ethyl adjacent to an activating group) is 1. The molecule has 0 spiro atoms. The van der Waals surface area contributed by atoms with E-state index in [-0.39, 0.29) is 17.8 Å². The van der Waals surface area contributed by atoms with Gasteiger partial charge < -0.3 is 24.1 Å². The van der Waals surface area contributed by atoms with Gasteiger partial charge in [-0.1, -0.05) is 0 Å². The highest BCUT2D eigenvalue weighted by atomic mass is 16.5. The molecular formula is C32H38N6O3. The average molecular weight is 555 g/mol. The first-order chi connectivity index (χ1) is 19.9. The summed E-state index contributed by atoms with van der Waals surface area (Å²) in [5.41, 5.74) is 4.76. The fourth-order valence-corrected chi connectivity index (χ4v) is 6.14. The Hall–Kier alpha value is -3.82. The van der Waals surface area contributed by atoms with Crippen molar-refractivity contribution in [2.75, 3.05) is 51.3 Å². The summed E-state index contributed by atoms with van der Waals surface area (Å²) in [6.45, 7) is 9.06. The molecule has 2 aliphatic rings. The molecule has 0 unspecified atom stereocenters. The molecule has 0 bridgehead atoms. The SMILES string of the molecule is Cc1nc(C)c(CCC(=O)c2cc(-c3ccc(N4CCN(C)CC4)nc3)cc3c2ccn3C2CCOCC2)c(=O)[nH]1. The third kappa shape index (κ3) is 5.69. The number of nitrogens with zero attached hydrogens (tertiary/aromatic N) is 5. The minimum absolute atomic E-state index is 0.0166. The third-order valence-corrected chi connectivity index (χ3v) is 8.57. The fraction of sp³-hybridized carbons (Fsp3) is 0.438. The number of ether oxygens (including phenoxy) is 1. The third-order valence-electron chi connectivity index (χ3n) is 8.57. The lowest BCUT2D eigenvalue weighted by Gasteiger charge is -2.33. The van der Waals surface area contributed by atoms with E-state index in [0.29, 0.717) is 35.1 Å². The van der Waals surface area contributed by atoms with E-state index in [1.807, 2.05) is 19.2 Å². The van der Waals surface area contributed by atoms with Crippen LogP contribution in [-0.2, 0) is 11.2 Å². The summed E-state index contributed by atoms with van der Waals surface area (Å²) in [6, 6.07) is 10.8. The lowest BCUT2D eigenvalue weighted by atomic mass is 9.95. The molecule has 0 radical (unpaired) electrons. The van der Waals surface area contributed by atoms with Crippen LogP contribution in [0.25, 0.3) is 22.0 Å². The summed E-state index contributed by atoms with van der Waals surface area (Å²) in [7, 11) is 2.15. The summed E-state index contributed by atoms with van der Waals surface area (Å²) in [4.78, 5) is 43.0. The zero-order chi connectivity index (χ0) is 28.5. The first-order valence-corrected chi connectivity index (χ1v) is 14.6. The van der Waals surface area contributed by atoms with Crippen LogP contribution >= 0.6 is 0 Å². The number of hydrogen-bond acceptors (Lipinski definition) is 7. The lowest BCUT2D eigenvalue weighted by molar-refractivity contribution is 0.0707. The number of fused-ring (bicyclic) bond motifs is 1. The Bertz CT molecular complexity index is 1610. The molecule has 2 saturated heterocycles. The van der Waals surface area contributed by atoms with E-state index in [4.69, 9.17) is 9.72 Å². The second kappa shape index (κ2) is 11.6. The minimum atomic E-state index is -0.168. The number of H-pyrrole nitrogens is 1. The summed E-state index contributed by atoms with van der Waals surface area (Å²) >= 11 is 0. The molecule has 5 heterocycles. The summed E-state index contributed by atoms with van der Waals surface area (Å²) in [6.07, 6.45) is 6.50. The maximum atomic E-state index is 13.8. The largest absolute Gasteiger partial charge is 0.381 e. The normalized spacial score (nSPS) is 16.9. The van der Waals surface area contributed by atoms with E-state index in [2.05, 4.69) is 61.8 Å². The molecule has 1 N–H and O–H groups in total. The van der Waals surface area contributed by atoms with Gasteiger partial charge >= 0.3 is 0 Å². The van der Waals surface area contributed by atoms with Gasteiger partial charge in [-0.15, -0.1) is 0 Å². The Kier molecular flexibility index (Phi) is 7.73. The van der Waals surface area contributed by atoms with Crippen LogP contribution in [0.4, 0.5) is 5.82 Å². The molecule has 0 amide bonds. The number of carbonyl (C=O) groups excluding carboxylic acids is 1. The van der Waals surface area contributed by atoms with Crippen LogP contribution < -0.4 is 10.5 Å². The molecule has 0 saturated carbocycles. The predicted octanol–water partition coefficient (Wildman–Crippen LogP) is 4.32. The van der Waals surface area contributed by atoms with Crippen molar-refractivity contribution < 1.29 is 9.53 Å². The zero-order valence-corrected chi connectivity index (χ0v) is 24.2. The Morgan fingerprint density at radius 1 is 1.05 bits per heavy atom. The zero-order valence-electron chi connectivity index (χ0n) is 24.2. The minimum Gasteiger partial charge on any atom is -0.381 e. The Balaban J connectivity index is 1.34. The summed E-state index contributed by atoms with van der Waals surface area (Å²) in [5, 5.41) is 0.944. The second-order valence-corrected chi connectivity index (χ2v) is 11.4. The summed E-state index contributed by atoms with van der Waals surface area (Å²) in [5.74, 6) is 1.58. The number of pyridine rings is 1. The van der Waals surface area contributed by atoms with Crippen LogP contribution in [0.2, 0.25) is 0 Å². The molecule has 6 rings (SSSR count). The molecule has 2 fully saturated rings. The van der Waals surface area contributed by atoms with E-state index in [0.717, 1.165) is 80.1 Å². The Labute approximate surface area is 240 Å². The van der Waals surface area contributed by atoms with Crippen LogP contribution in [0.5, 0.6) is 0 Å². The number of aromatic nitrogens is 4. The van der Waals surface area contributed by atoms with Crippen LogP contribution in [0.15, 0.2) is 47.5 Å². The van der Waals surface area contributed by atoms with Gasteiger partial charge in [0.15, 0.2) is 5.78 Å². The van der Waals surface area contributed by atoms with Crippen molar-refractivity contribution in [1.29, 1.82) is 0 Å². The molecule has 0 atom stereocenters. The first-order valence-electron chi connectivity index (χ1n) is 14.6. The molecule has 41 heavy (non-hydrogen) atoms. The molecule has 9 nitrogen and oxygen atoms in total. The van der Waals surface area contributed by atoms with Gasteiger partial charge in [0.05, 0.1) is 0 Å². The fourth-order valence-electron chi connectivity index (χ4n) is 6.14. The number of nitrogens with one attached hydrogen (secondary N) is 1. The number of aryl methyl sites for hydroxylation is 2. The van der Waals surface area contributed by atoms with Gasteiger partial charge in [0, 0.05) is 97.5 Å². The van der Waals surface area contributed by atoms with E-state index in [1.54, 1.807) is 6.92 Å². The number of piperazine rings is 1. The predicted molar refractivity (Wildman–Crippen MR) is 161 cm³/mol. The van der Waals surface area contributed by atoms with Crippen LogP contribution in [0, 0.1) is 13.8 Å². The van der Waals surface area contributed by atoms with Gasteiger partial charge in [-0.3, -0.25) is 9.59 Å². The standard InChI is InChI=1S/C32H38N6O3/c1-21-26(32(40)35-22(2)34-21)5-6-30(39)28-18-24(19-29-27(28)8-11-38(29)25-9-16-41-17-10-25)23-4-7-31(33-20-23)37-14-12-36(3)13-15-37/h4,7-8,11,18-20,25H,5-6,9-10,12-17H2,1-3H3,(H,34,35,40). The molecule has 4 aromatic rings. The molecule has 214 valence electrons. The van der Waals surface area contributed by atoms with E-state index >= 15 is 0 Å². The molecule has 0 aliphatic carbocycles. The lowest BCUT2D eigenvalue weighted by Crippen LogP contribution is -2.44. The van der Waals surface area contributed by atoms with Gasteiger partial charge in [-0.2, -0.15) is 0 Å². The van der Waals surface area contributed by atoms with Crippen molar-refractivity contribution in [2.45, 2.75) is 45.6 Å². The van der Waals surface area contributed by atoms with Crippen molar-refractivity contribution in [3.05, 3.63) is 75.7 Å². The Morgan fingerprint density at radius 3 is 2.54 bits per heavy atom. The van der Waals surface area contributed by atoms with Crippen molar-refractivity contribution in [2.24, 2.45) is 0 Å². The number of carbonyl (C=O) groups is 1. The number of ketones is 1. The summed E-state index contributed by atoms with van der Waals surface area (Å²) < 4.78 is 7.93. The molecular weight excluding hydrogens is 516 g/mol. The van der Waals surface area contributed by atoms with E-state index in [1.165, 1.54) is 0 Å². The smallest absolute Gasteiger partial charge is 0.254 e. The van der Waals surface area contributed by atoms with Crippen LogP contribution in [-0.4, -0.2) is 76.6 Å². The maximum Gasteiger partial charge on any atom is 0.254 e. The van der Waals surface area contributed by atoms with E-state index in [9.17, 15) is 9.59 Å². The van der Waals surface area contributed by atoms with Crippen LogP contribution in [0.1, 0.15) is 52.7 Å². The second-order valence-electron chi connectivity index (χ2n) is 11.4. The topological polar surface area (TPSA) is 96.3 Å². The van der Waals surface area contributed by atoms with Gasteiger partial charge in [0.25, 0.3) is 5.56 Å². The number of Topliss-reactive ketones (excluding diaryl/α,β-unsaturated/α-hetero) is 1. The molecule has 2 aliphatic heterocycles. The van der Waals surface area contributed by atoms with Gasteiger partial charge in [0.1, 0.15) is 11.6 Å². The number of rotatable bonds is 7. The number of aromatic amines is 1. The van der Waals surface area contributed by atoms with Crippen molar-refractivity contribution in [1.82, 2.24) is 24.4 Å². The highest BCUT2D eigenvalue weighted by Gasteiger charge is 2.22. The number of benzene rings is 1. The van der Waals surface area contributed by atoms with Gasteiger partial charge in [0.2, 0.25) is 0 Å². The number of anilines is 1. The van der Waals surface area contributed by atoms with Crippen LogP contribution in [0.3, 0.4) is 0 Å². The maximum absolute atomic E-state index is 13.8. The molecule has 1 aromatic carbocycles. The average Bonchev–Trinajstić information content (AvgIpc) is 3.41. The quantitative estimate of drug-likeness (QED) is 0.340. The number of hydrogen-bond donors (Lipinski definition) is 1. The van der Waals surface area contributed by atoms with E-state index < -0.39 is 0 Å². The van der Waals surface area contributed by atoms with Gasteiger partial charge in [-0.05, 0) is 76.1 Å². The van der Waals surface area contributed by atoms with Crippen molar-refractivity contribution in [3.63, 3.8) is 0 Å². The first kappa shape index (κ1) is 27.4. The highest BCUT2D eigenvalue weighted by Crippen LogP contribution is 2.34.